The van der Waals surface area contributed by atoms with E-state index >= 15 is 0 Å². The molecule has 1 unspecified atom stereocenters. The van der Waals surface area contributed by atoms with Crippen molar-refractivity contribution in [1.82, 2.24) is 9.38 Å². The van der Waals surface area contributed by atoms with Gasteiger partial charge in [0.2, 0.25) is 0 Å². The highest BCUT2D eigenvalue weighted by molar-refractivity contribution is 7.99. The largest absolute Gasteiger partial charge is 0.326 e. The van der Waals surface area contributed by atoms with Crippen LogP contribution in [0.2, 0.25) is 0 Å². The molecule has 0 saturated carbocycles. The smallest absolute Gasteiger partial charge is 0.126 e. The zero-order chi connectivity index (χ0) is 11.7. The Morgan fingerprint density at radius 1 is 1.47 bits per heavy atom. The molecule has 0 bridgehead atoms. The second kappa shape index (κ2) is 4.70. The summed E-state index contributed by atoms with van der Waals surface area (Å²) in [4.78, 5) is 4.60. The summed E-state index contributed by atoms with van der Waals surface area (Å²) >= 11 is 2.04. The highest BCUT2D eigenvalue weighted by Gasteiger charge is 2.20. The van der Waals surface area contributed by atoms with Gasteiger partial charge in [0.25, 0.3) is 0 Å². The Balaban J connectivity index is 1.99. The van der Waals surface area contributed by atoms with Crippen molar-refractivity contribution in [3.05, 3.63) is 35.9 Å². The lowest BCUT2D eigenvalue weighted by Crippen LogP contribution is -2.06. The van der Waals surface area contributed by atoms with Crippen LogP contribution >= 0.6 is 11.8 Å². The van der Waals surface area contributed by atoms with Crippen LogP contribution < -0.4 is 5.73 Å². The summed E-state index contributed by atoms with van der Waals surface area (Å²) in [7, 11) is 0. The zero-order valence-corrected chi connectivity index (χ0v) is 10.6. The van der Waals surface area contributed by atoms with Crippen molar-refractivity contribution in [3.63, 3.8) is 0 Å². The van der Waals surface area contributed by atoms with E-state index in [1.807, 2.05) is 18.0 Å². The number of imidazole rings is 1. The molecule has 4 heteroatoms. The van der Waals surface area contributed by atoms with Gasteiger partial charge in [0.05, 0.1) is 17.0 Å². The molecule has 1 aliphatic heterocycles. The summed E-state index contributed by atoms with van der Waals surface area (Å²) in [5.41, 5.74) is 7.98. The minimum atomic E-state index is 0.565. The van der Waals surface area contributed by atoms with Gasteiger partial charge in [-0.15, -0.1) is 0 Å². The van der Waals surface area contributed by atoms with E-state index in [0.717, 1.165) is 5.52 Å². The molecular weight excluding hydrogens is 230 g/mol. The van der Waals surface area contributed by atoms with Gasteiger partial charge in [0, 0.05) is 12.7 Å². The van der Waals surface area contributed by atoms with Crippen LogP contribution in [0.25, 0.3) is 5.52 Å². The van der Waals surface area contributed by atoms with Gasteiger partial charge < -0.3 is 10.1 Å². The third kappa shape index (κ3) is 2.07. The summed E-state index contributed by atoms with van der Waals surface area (Å²) in [6, 6.07) is 4.22. The van der Waals surface area contributed by atoms with E-state index in [0.29, 0.717) is 11.8 Å². The van der Waals surface area contributed by atoms with Crippen molar-refractivity contribution in [2.75, 3.05) is 5.75 Å². The zero-order valence-electron chi connectivity index (χ0n) is 9.80. The fourth-order valence-corrected chi connectivity index (χ4v) is 3.69. The molecule has 17 heavy (non-hydrogen) atoms. The monoisotopic (exact) mass is 247 g/mol. The summed E-state index contributed by atoms with van der Waals surface area (Å²) < 4.78 is 2.21. The predicted molar refractivity (Wildman–Crippen MR) is 72.1 cm³/mol. The molecule has 1 aliphatic rings. The molecule has 3 heterocycles. The average Bonchev–Trinajstić information content (AvgIpc) is 2.82. The van der Waals surface area contributed by atoms with E-state index < -0.39 is 0 Å². The Labute approximate surface area is 105 Å². The predicted octanol–water partition coefficient (Wildman–Crippen LogP) is 2.75. The van der Waals surface area contributed by atoms with Gasteiger partial charge in [0.15, 0.2) is 0 Å². The van der Waals surface area contributed by atoms with Gasteiger partial charge in [-0.2, -0.15) is 11.8 Å². The molecule has 0 spiro atoms. The lowest BCUT2D eigenvalue weighted by Gasteiger charge is -2.20. The van der Waals surface area contributed by atoms with Crippen molar-refractivity contribution in [2.24, 2.45) is 5.73 Å². The molecule has 0 radical (unpaired) electrons. The fraction of sp³-hybridized carbons (Fsp3) is 0.462. The molecule has 0 amide bonds. The number of fused-ring (bicyclic) bond motifs is 1. The lowest BCUT2D eigenvalue weighted by molar-refractivity contribution is 0.660. The van der Waals surface area contributed by atoms with Gasteiger partial charge in [0.1, 0.15) is 5.82 Å². The van der Waals surface area contributed by atoms with Crippen LogP contribution in [0.15, 0.2) is 24.5 Å². The van der Waals surface area contributed by atoms with Crippen LogP contribution in [0.3, 0.4) is 0 Å². The van der Waals surface area contributed by atoms with Crippen molar-refractivity contribution < 1.29 is 0 Å². The standard InChI is InChI=1S/C13H17N3S/c14-8-10-4-5-16-11(7-10)9-15-13(16)12-3-1-2-6-17-12/h4-5,7,9,12H,1-3,6,8,14H2. The Hall–Kier alpha value is -1.00. The molecule has 90 valence electrons. The highest BCUT2D eigenvalue weighted by Crippen LogP contribution is 2.37. The van der Waals surface area contributed by atoms with E-state index in [9.17, 15) is 0 Å². The van der Waals surface area contributed by atoms with Crippen molar-refractivity contribution >= 4 is 17.3 Å². The molecule has 2 aromatic heterocycles. The Bertz CT molecular complexity index is 514. The van der Waals surface area contributed by atoms with Crippen LogP contribution in [0.1, 0.15) is 35.9 Å². The van der Waals surface area contributed by atoms with Crippen LogP contribution in [-0.4, -0.2) is 15.1 Å². The van der Waals surface area contributed by atoms with E-state index in [-0.39, 0.29) is 0 Å². The first-order valence-electron chi connectivity index (χ1n) is 6.16. The molecule has 3 nitrogen and oxygen atoms in total. The maximum atomic E-state index is 5.66. The normalized spacial score (nSPS) is 20.9. The number of nitrogens with two attached hydrogens (primary N) is 1. The van der Waals surface area contributed by atoms with Crippen LogP contribution in [0, 0.1) is 0 Å². The highest BCUT2D eigenvalue weighted by atomic mass is 32.2. The van der Waals surface area contributed by atoms with Gasteiger partial charge in [-0.25, -0.2) is 4.98 Å². The van der Waals surface area contributed by atoms with Crippen LogP contribution in [-0.2, 0) is 6.54 Å². The molecule has 1 saturated heterocycles. The summed E-state index contributed by atoms with van der Waals surface area (Å²) in [5, 5.41) is 0.565. The molecule has 2 aromatic rings. The Morgan fingerprint density at radius 2 is 2.41 bits per heavy atom. The first-order chi connectivity index (χ1) is 8.38. The van der Waals surface area contributed by atoms with E-state index in [2.05, 4.69) is 27.7 Å². The molecule has 3 rings (SSSR count). The maximum Gasteiger partial charge on any atom is 0.126 e. The van der Waals surface area contributed by atoms with Gasteiger partial charge in [-0.05, 0) is 36.3 Å². The molecule has 0 aliphatic carbocycles. The molecule has 1 fully saturated rings. The van der Waals surface area contributed by atoms with Crippen molar-refractivity contribution in [3.8, 4) is 0 Å². The fourth-order valence-electron chi connectivity index (χ4n) is 2.38. The number of thioether (sulfide) groups is 1. The van der Waals surface area contributed by atoms with E-state index in [4.69, 9.17) is 5.73 Å². The van der Waals surface area contributed by atoms with Gasteiger partial charge in [-0.1, -0.05) is 6.42 Å². The number of rotatable bonds is 2. The first kappa shape index (κ1) is 11.1. The SMILES string of the molecule is NCc1ccn2c(C3CCCCS3)ncc2c1. The summed E-state index contributed by atoms with van der Waals surface area (Å²) in [6.45, 7) is 0.592. The number of hydrogen-bond acceptors (Lipinski definition) is 3. The summed E-state index contributed by atoms with van der Waals surface area (Å²) in [6.07, 6.45) is 8.00. The maximum absolute atomic E-state index is 5.66. The second-order valence-corrected chi connectivity index (χ2v) is 5.82. The van der Waals surface area contributed by atoms with Crippen LogP contribution in [0.5, 0.6) is 0 Å². The third-order valence-corrected chi connectivity index (χ3v) is 4.70. The van der Waals surface area contributed by atoms with Crippen LogP contribution in [0.4, 0.5) is 0 Å². The number of pyridine rings is 1. The van der Waals surface area contributed by atoms with E-state index in [1.54, 1.807) is 0 Å². The van der Waals surface area contributed by atoms with E-state index in [1.165, 1.54) is 36.4 Å². The minimum Gasteiger partial charge on any atom is -0.326 e. The average molecular weight is 247 g/mol. The minimum absolute atomic E-state index is 0.565. The quantitative estimate of drug-likeness (QED) is 0.887. The van der Waals surface area contributed by atoms with Gasteiger partial charge >= 0.3 is 0 Å². The first-order valence-corrected chi connectivity index (χ1v) is 7.21. The Morgan fingerprint density at radius 3 is 3.18 bits per heavy atom. The molecular formula is C13H17N3S. The number of aromatic nitrogens is 2. The molecule has 2 N–H and O–H groups in total. The summed E-state index contributed by atoms with van der Waals surface area (Å²) in [5.74, 6) is 2.47. The molecule has 0 aromatic carbocycles. The lowest BCUT2D eigenvalue weighted by atomic mass is 10.2. The van der Waals surface area contributed by atoms with Crippen molar-refractivity contribution in [2.45, 2.75) is 31.1 Å². The molecule has 1 atom stereocenters. The third-order valence-electron chi connectivity index (χ3n) is 3.33. The Kier molecular flexibility index (Phi) is 3.07. The van der Waals surface area contributed by atoms with Crippen molar-refractivity contribution in [1.29, 1.82) is 0 Å². The topological polar surface area (TPSA) is 43.3 Å². The van der Waals surface area contributed by atoms with Gasteiger partial charge in [-0.3, -0.25) is 0 Å². The second-order valence-electron chi connectivity index (χ2n) is 4.51. The number of nitrogens with zero attached hydrogens (tertiary/aromatic N) is 2. The number of hydrogen-bond donors (Lipinski definition) is 1.